The zero-order chi connectivity index (χ0) is 15.5. The maximum Gasteiger partial charge on any atom is 0.227 e. The topological polar surface area (TPSA) is 55.1 Å². The molecule has 3 heteroatoms. The van der Waals surface area contributed by atoms with Gasteiger partial charge in [-0.3, -0.25) is 4.79 Å². The summed E-state index contributed by atoms with van der Waals surface area (Å²) < 4.78 is 0. The van der Waals surface area contributed by atoms with Gasteiger partial charge in [-0.05, 0) is 23.8 Å². The number of hydrogen-bond donors (Lipinski definition) is 2. The van der Waals surface area contributed by atoms with Crippen LogP contribution in [0, 0.1) is 11.3 Å². The summed E-state index contributed by atoms with van der Waals surface area (Å²) in [6, 6.07) is 10.2. The van der Waals surface area contributed by atoms with E-state index in [0.29, 0.717) is 6.42 Å². The minimum absolute atomic E-state index is 0.0125. The van der Waals surface area contributed by atoms with E-state index in [2.05, 4.69) is 38.2 Å². The van der Waals surface area contributed by atoms with Crippen LogP contribution in [-0.4, -0.2) is 11.9 Å². The molecule has 3 nitrogen and oxygen atoms in total. The van der Waals surface area contributed by atoms with Gasteiger partial charge in [-0.15, -0.1) is 0 Å². The van der Waals surface area contributed by atoms with E-state index in [1.54, 1.807) is 0 Å². The number of nitrogens with two attached hydrogens (primary N) is 1. The van der Waals surface area contributed by atoms with Gasteiger partial charge in [0.05, 0.1) is 12.0 Å². The molecule has 1 aliphatic carbocycles. The Hall–Kier alpha value is -1.61. The molecule has 0 saturated heterocycles. The van der Waals surface area contributed by atoms with Crippen LogP contribution in [0.4, 0.5) is 0 Å². The van der Waals surface area contributed by atoms with Crippen LogP contribution in [0.15, 0.2) is 42.5 Å². The van der Waals surface area contributed by atoms with Crippen LogP contribution in [-0.2, 0) is 4.79 Å². The highest BCUT2D eigenvalue weighted by Crippen LogP contribution is 2.30. The van der Waals surface area contributed by atoms with Crippen molar-refractivity contribution in [1.29, 1.82) is 0 Å². The second kappa shape index (κ2) is 6.44. The molecular weight excluding hydrogens is 260 g/mol. The number of carbonyl (C=O) groups is 1. The van der Waals surface area contributed by atoms with Crippen LogP contribution >= 0.6 is 0 Å². The van der Waals surface area contributed by atoms with Gasteiger partial charge in [0.25, 0.3) is 0 Å². The number of carbonyl (C=O) groups excluding carboxylic acids is 1. The molecule has 3 N–H and O–H groups in total. The smallest absolute Gasteiger partial charge is 0.227 e. The maximum atomic E-state index is 12.4. The molecule has 1 amide bonds. The van der Waals surface area contributed by atoms with Gasteiger partial charge in [-0.2, -0.15) is 0 Å². The first-order valence-corrected chi connectivity index (χ1v) is 7.64. The summed E-state index contributed by atoms with van der Waals surface area (Å²) in [7, 11) is 0. The number of nitrogens with one attached hydrogen (secondary N) is 1. The van der Waals surface area contributed by atoms with E-state index in [0.717, 1.165) is 12.0 Å². The molecule has 0 radical (unpaired) electrons. The molecule has 3 atom stereocenters. The Morgan fingerprint density at radius 3 is 2.48 bits per heavy atom. The molecule has 0 spiro atoms. The van der Waals surface area contributed by atoms with E-state index in [1.807, 2.05) is 30.4 Å². The second-order valence-corrected chi connectivity index (χ2v) is 7.13. The lowest BCUT2D eigenvalue weighted by molar-refractivity contribution is -0.124. The van der Waals surface area contributed by atoms with Crippen molar-refractivity contribution in [2.45, 2.75) is 45.7 Å². The van der Waals surface area contributed by atoms with Crippen LogP contribution in [0.3, 0.4) is 0 Å². The largest absolute Gasteiger partial charge is 0.349 e. The molecule has 0 aliphatic heterocycles. The number of rotatable bonds is 4. The van der Waals surface area contributed by atoms with Crippen molar-refractivity contribution in [1.82, 2.24) is 5.32 Å². The van der Waals surface area contributed by atoms with Gasteiger partial charge in [0.2, 0.25) is 5.91 Å². The Balaban J connectivity index is 2.09. The Morgan fingerprint density at radius 2 is 1.95 bits per heavy atom. The average Bonchev–Trinajstić information content (AvgIpc) is 2.84. The van der Waals surface area contributed by atoms with Gasteiger partial charge >= 0.3 is 0 Å². The third-order valence-corrected chi connectivity index (χ3v) is 3.79. The maximum absolute atomic E-state index is 12.4. The summed E-state index contributed by atoms with van der Waals surface area (Å²) in [6.45, 7) is 6.58. The highest BCUT2D eigenvalue weighted by atomic mass is 16.1. The average molecular weight is 286 g/mol. The summed E-state index contributed by atoms with van der Waals surface area (Å²) in [5.41, 5.74) is 7.15. The van der Waals surface area contributed by atoms with Crippen molar-refractivity contribution in [3.05, 3.63) is 48.0 Å². The molecule has 1 aromatic carbocycles. The quantitative estimate of drug-likeness (QED) is 0.835. The van der Waals surface area contributed by atoms with Gasteiger partial charge in [0, 0.05) is 6.04 Å². The Kier molecular flexibility index (Phi) is 4.84. The second-order valence-electron chi connectivity index (χ2n) is 7.13. The molecule has 0 bridgehead atoms. The number of hydrogen-bond acceptors (Lipinski definition) is 2. The minimum atomic E-state index is -0.0915. The molecule has 2 rings (SSSR count). The molecule has 1 aliphatic rings. The third-order valence-electron chi connectivity index (χ3n) is 3.79. The fourth-order valence-electron chi connectivity index (χ4n) is 2.75. The molecule has 1 aromatic rings. The van der Waals surface area contributed by atoms with Crippen molar-refractivity contribution in [3.63, 3.8) is 0 Å². The first-order chi connectivity index (χ1) is 9.85. The SMILES string of the molecule is CC(C)(C)CC(NC(=O)C1C=CC(N)C1)c1ccccc1. The summed E-state index contributed by atoms with van der Waals surface area (Å²) in [6.07, 6.45) is 5.47. The molecule has 0 saturated carbocycles. The van der Waals surface area contributed by atoms with Gasteiger partial charge in [-0.25, -0.2) is 0 Å². The first kappa shape index (κ1) is 15.8. The van der Waals surface area contributed by atoms with E-state index >= 15 is 0 Å². The predicted octanol–water partition coefficient (Wildman–Crippen LogP) is 3.18. The Morgan fingerprint density at radius 1 is 1.29 bits per heavy atom. The monoisotopic (exact) mass is 286 g/mol. The normalized spacial score (nSPS) is 23.0. The van der Waals surface area contributed by atoms with E-state index < -0.39 is 0 Å². The molecule has 0 heterocycles. The summed E-state index contributed by atoms with van der Waals surface area (Å²) in [4.78, 5) is 12.4. The van der Waals surface area contributed by atoms with Gasteiger partial charge < -0.3 is 11.1 Å². The van der Waals surface area contributed by atoms with Gasteiger partial charge in [0.15, 0.2) is 0 Å². The van der Waals surface area contributed by atoms with E-state index in [1.165, 1.54) is 0 Å². The standard InChI is InChI=1S/C18H26N2O/c1-18(2,3)12-16(13-7-5-4-6-8-13)20-17(21)14-9-10-15(19)11-14/h4-10,14-16H,11-12,19H2,1-3H3,(H,20,21). The first-order valence-electron chi connectivity index (χ1n) is 7.64. The lowest BCUT2D eigenvalue weighted by atomic mass is 9.85. The van der Waals surface area contributed by atoms with Crippen molar-refractivity contribution >= 4 is 5.91 Å². The molecule has 0 fully saturated rings. The molecule has 21 heavy (non-hydrogen) atoms. The van der Waals surface area contributed by atoms with Crippen molar-refractivity contribution < 1.29 is 4.79 Å². The summed E-state index contributed by atoms with van der Waals surface area (Å²) in [5.74, 6) is -0.0107. The number of amides is 1. The van der Waals surface area contributed by atoms with Crippen molar-refractivity contribution in [2.75, 3.05) is 0 Å². The molecule has 3 unspecified atom stereocenters. The zero-order valence-electron chi connectivity index (χ0n) is 13.2. The van der Waals surface area contributed by atoms with E-state index in [-0.39, 0.29) is 29.3 Å². The minimum Gasteiger partial charge on any atom is -0.349 e. The Bertz CT molecular complexity index is 502. The molecule has 0 aromatic heterocycles. The Labute approximate surface area is 127 Å². The predicted molar refractivity (Wildman–Crippen MR) is 86.6 cm³/mol. The van der Waals surface area contributed by atoms with Crippen LogP contribution in [0.2, 0.25) is 0 Å². The van der Waals surface area contributed by atoms with Crippen molar-refractivity contribution in [3.8, 4) is 0 Å². The van der Waals surface area contributed by atoms with Crippen molar-refractivity contribution in [2.24, 2.45) is 17.1 Å². The van der Waals surface area contributed by atoms with Crippen LogP contribution in [0.25, 0.3) is 0 Å². The van der Waals surface area contributed by atoms with Crippen LogP contribution in [0.5, 0.6) is 0 Å². The highest BCUT2D eigenvalue weighted by Gasteiger charge is 2.27. The van der Waals surface area contributed by atoms with Crippen LogP contribution < -0.4 is 11.1 Å². The lowest BCUT2D eigenvalue weighted by Gasteiger charge is -2.28. The summed E-state index contributed by atoms with van der Waals surface area (Å²) >= 11 is 0. The zero-order valence-corrected chi connectivity index (χ0v) is 13.2. The van der Waals surface area contributed by atoms with E-state index in [9.17, 15) is 4.79 Å². The lowest BCUT2D eigenvalue weighted by Crippen LogP contribution is -2.35. The van der Waals surface area contributed by atoms with E-state index in [4.69, 9.17) is 5.73 Å². The van der Waals surface area contributed by atoms with Gasteiger partial charge in [0.1, 0.15) is 0 Å². The summed E-state index contributed by atoms with van der Waals surface area (Å²) in [5, 5.41) is 3.21. The number of benzene rings is 1. The fraction of sp³-hybridized carbons (Fsp3) is 0.500. The molecular formula is C18H26N2O. The third kappa shape index (κ3) is 4.71. The van der Waals surface area contributed by atoms with Gasteiger partial charge in [-0.1, -0.05) is 63.3 Å². The fourth-order valence-corrected chi connectivity index (χ4v) is 2.75. The van der Waals surface area contributed by atoms with Crippen LogP contribution in [0.1, 0.15) is 45.2 Å². The molecule has 114 valence electrons. The highest BCUT2D eigenvalue weighted by molar-refractivity contribution is 5.81.